The summed E-state index contributed by atoms with van der Waals surface area (Å²) in [5.41, 5.74) is 0.624. The van der Waals surface area contributed by atoms with Crippen molar-refractivity contribution in [3.63, 3.8) is 0 Å². The number of hydrogen-bond donors (Lipinski definition) is 1. The number of hydrogen-bond acceptors (Lipinski definition) is 5. The van der Waals surface area contributed by atoms with E-state index in [1.165, 1.54) is 24.5 Å². The molecule has 1 aliphatic rings. The lowest BCUT2D eigenvalue weighted by atomic mass is 10.0. The predicted molar refractivity (Wildman–Crippen MR) is 104 cm³/mol. The molecule has 2 heterocycles. The summed E-state index contributed by atoms with van der Waals surface area (Å²) >= 11 is 0. The number of aliphatic hydroxyl groups is 1. The van der Waals surface area contributed by atoms with E-state index in [4.69, 9.17) is 4.74 Å². The molecule has 1 aromatic carbocycles. The van der Waals surface area contributed by atoms with Crippen LogP contribution in [0.15, 0.2) is 36.9 Å². The number of ether oxygens (including phenoxy) is 1. The van der Waals surface area contributed by atoms with Crippen LogP contribution in [0, 0.1) is 17.6 Å². The standard InChI is InChI=1S/C21H25F2N3O2/c1-3-4-7-28-20-12-24-11-19(25-20)16-9-17(22)21(18(23)10-16)26-6-5-15(13-26)8-14(2)27/h9-12,15,27H,2-8,13H2,1H3. The summed E-state index contributed by atoms with van der Waals surface area (Å²) < 4.78 is 35.0. The zero-order valence-corrected chi connectivity index (χ0v) is 16.0. The highest BCUT2D eigenvalue weighted by atomic mass is 19.1. The first kappa shape index (κ1) is 20.0. The van der Waals surface area contributed by atoms with Crippen molar-refractivity contribution >= 4 is 5.69 Å². The van der Waals surface area contributed by atoms with E-state index in [0.29, 0.717) is 43.3 Å². The van der Waals surface area contributed by atoms with Gasteiger partial charge in [-0.15, -0.1) is 0 Å². The monoisotopic (exact) mass is 389 g/mol. The first-order valence-corrected chi connectivity index (χ1v) is 9.54. The lowest BCUT2D eigenvalue weighted by Crippen LogP contribution is -2.22. The van der Waals surface area contributed by atoms with Gasteiger partial charge in [0.1, 0.15) is 17.3 Å². The van der Waals surface area contributed by atoms with Crippen LogP contribution in [0.2, 0.25) is 0 Å². The number of aliphatic hydroxyl groups excluding tert-OH is 1. The van der Waals surface area contributed by atoms with Gasteiger partial charge in [-0.3, -0.25) is 4.98 Å². The molecule has 2 aromatic rings. The topological polar surface area (TPSA) is 58.5 Å². The number of benzene rings is 1. The Hall–Kier alpha value is -2.70. The van der Waals surface area contributed by atoms with Gasteiger partial charge in [-0.25, -0.2) is 13.8 Å². The van der Waals surface area contributed by atoms with Gasteiger partial charge in [0, 0.05) is 25.1 Å². The maximum atomic E-state index is 14.8. The molecule has 0 saturated carbocycles. The van der Waals surface area contributed by atoms with E-state index < -0.39 is 11.6 Å². The summed E-state index contributed by atoms with van der Waals surface area (Å²) in [7, 11) is 0. The number of anilines is 1. The maximum Gasteiger partial charge on any atom is 0.232 e. The van der Waals surface area contributed by atoms with Gasteiger partial charge in [0.25, 0.3) is 0 Å². The first-order valence-electron chi connectivity index (χ1n) is 9.54. The molecule has 0 bridgehead atoms. The molecule has 1 saturated heterocycles. The van der Waals surface area contributed by atoms with E-state index in [9.17, 15) is 13.9 Å². The third-order valence-corrected chi connectivity index (χ3v) is 4.80. The summed E-state index contributed by atoms with van der Waals surface area (Å²) in [6, 6.07) is 2.55. The third kappa shape index (κ3) is 4.77. The van der Waals surface area contributed by atoms with Gasteiger partial charge in [0.15, 0.2) is 0 Å². The summed E-state index contributed by atoms with van der Waals surface area (Å²) in [5.74, 6) is -0.709. The van der Waals surface area contributed by atoms with Crippen molar-refractivity contribution in [3.05, 3.63) is 48.5 Å². The summed E-state index contributed by atoms with van der Waals surface area (Å²) in [5, 5.41) is 9.35. The molecule has 1 unspecified atom stereocenters. The Labute approximate surface area is 163 Å². The Morgan fingerprint density at radius 3 is 2.75 bits per heavy atom. The molecule has 0 aliphatic carbocycles. The third-order valence-electron chi connectivity index (χ3n) is 4.80. The van der Waals surface area contributed by atoms with Crippen LogP contribution >= 0.6 is 0 Å². The van der Waals surface area contributed by atoms with E-state index in [2.05, 4.69) is 23.5 Å². The lowest BCUT2D eigenvalue weighted by Gasteiger charge is -2.20. The SMILES string of the molecule is C=C(O)CC1CCN(c2c(F)cc(-c3cncc(OCCCC)n3)cc2F)C1. The average molecular weight is 389 g/mol. The van der Waals surface area contributed by atoms with E-state index in [-0.39, 0.29) is 17.4 Å². The predicted octanol–water partition coefficient (Wildman–Crippen LogP) is 4.89. The van der Waals surface area contributed by atoms with Crippen LogP contribution in [0.1, 0.15) is 32.6 Å². The van der Waals surface area contributed by atoms with E-state index >= 15 is 0 Å². The van der Waals surface area contributed by atoms with E-state index in [0.717, 1.165) is 19.3 Å². The van der Waals surface area contributed by atoms with Crippen molar-refractivity contribution in [3.8, 4) is 17.1 Å². The van der Waals surface area contributed by atoms with Crippen molar-refractivity contribution in [2.24, 2.45) is 5.92 Å². The van der Waals surface area contributed by atoms with Crippen LogP contribution in [-0.4, -0.2) is 34.8 Å². The molecular formula is C21H25F2N3O2. The van der Waals surface area contributed by atoms with Crippen LogP contribution in [-0.2, 0) is 0 Å². The van der Waals surface area contributed by atoms with Crippen molar-refractivity contribution in [1.82, 2.24) is 9.97 Å². The molecule has 1 atom stereocenters. The van der Waals surface area contributed by atoms with Gasteiger partial charge in [-0.05, 0) is 30.9 Å². The Morgan fingerprint density at radius 1 is 1.32 bits per heavy atom. The molecule has 28 heavy (non-hydrogen) atoms. The minimum Gasteiger partial charge on any atom is -0.513 e. The van der Waals surface area contributed by atoms with Gasteiger partial charge < -0.3 is 14.7 Å². The molecule has 5 nitrogen and oxygen atoms in total. The Morgan fingerprint density at radius 2 is 2.07 bits per heavy atom. The molecule has 0 spiro atoms. The lowest BCUT2D eigenvalue weighted by molar-refractivity contribution is 0.297. The fourth-order valence-electron chi connectivity index (χ4n) is 3.43. The molecule has 0 amide bonds. The van der Waals surface area contributed by atoms with Crippen LogP contribution in [0.5, 0.6) is 5.88 Å². The quantitative estimate of drug-likeness (QED) is 0.515. The van der Waals surface area contributed by atoms with E-state index in [1.54, 1.807) is 4.90 Å². The second-order valence-electron chi connectivity index (χ2n) is 7.10. The smallest absolute Gasteiger partial charge is 0.232 e. The molecule has 1 fully saturated rings. The number of unbranched alkanes of at least 4 members (excludes halogenated alkanes) is 1. The van der Waals surface area contributed by atoms with Gasteiger partial charge in [0.2, 0.25) is 5.88 Å². The number of halogens is 2. The number of aromatic nitrogens is 2. The highest BCUT2D eigenvalue weighted by molar-refractivity contribution is 5.64. The molecule has 1 N–H and O–H groups in total. The Kier molecular flexibility index (Phi) is 6.44. The fourth-order valence-corrected chi connectivity index (χ4v) is 3.43. The van der Waals surface area contributed by atoms with Gasteiger partial charge >= 0.3 is 0 Å². The van der Waals surface area contributed by atoms with Crippen molar-refractivity contribution in [2.75, 3.05) is 24.6 Å². The maximum absolute atomic E-state index is 14.8. The summed E-state index contributed by atoms with van der Waals surface area (Å²) in [4.78, 5) is 10.0. The molecule has 1 aromatic heterocycles. The second kappa shape index (κ2) is 8.99. The van der Waals surface area contributed by atoms with Crippen molar-refractivity contribution < 1.29 is 18.6 Å². The fraction of sp³-hybridized carbons (Fsp3) is 0.429. The summed E-state index contributed by atoms with van der Waals surface area (Å²) in [6.45, 7) is 7.08. The molecule has 0 radical (unpaired) electrons. The average Bonchev–Trinajstić information content (AvgIpc) is 3.09. The van der Waals surface area contributed by atoms with E-state index in [1.807, 2.05) is 0 Å². The zero-order valence-electron chi connectivity index (χ0n) is 16.0. The number of rotatable bonds is 8. The van der Waals surface area contributed by atoms with Crippen LogP contribution < -0.4 is 9.64 Å². The number of nitrogens with zero attached hydrogens (tertiary/aromatic N) is 3. The molecule has 150 valence electrons. The van der Waals surface area contributed by atoms with Crippen molar-refractivity contribution in [2.45, 2.75) is 32.6 Å². The largest absolute Gasteiger partial charge is 0.513 e. The van der Waals surface area contributed by atoms with Crippen LogP contribution in [0.4, 0.5) is 14.5 Å². The highest BCUT2D eigenvalue weighted by Gasteiger charge is 2.27. The Balaban J connectivity index is 1.79. The highest BCUT2D eigenvalue weighted by Crippen LogP contribution is 2.33. The van der Waals surface area contributed by atoms with Crippen LogP contribution in [0.25, 0.3) is 11.3 Å². The molecular weight excluding hydrogens is 364 g/mol. The minimum absolute atomic E-state index is 0.0434. The Bertz CT molecular complexity index is 821. The number of allylic oxidation sites excluding steroid dienone is 1. The van der Waals surface area contributed by atoms with Gasteiger partial charge in [0.05, 0.1) is 30.5 Å². The van der Waals surface area contributed by atoms with Gasteiger partial charge in [-0.2, -0.15) is 0 Å². The minimum atomic E-state index is -0.641. The summed E-state index contributed by atoms with van der Waals surface area (Å²) in [6.07, 6.45) is 6.03. The molecule has 3 rings (SSSR count). The zero-order chi connectivity index (χ0) is 20.1. The van der Waals surface area contributed by atoms with Crippen molar-refractivity contribution in [1.29, 1.82) is 0 Å². The van der Waals surface area contributed by atoms with Crippen LogP contribution in [0.3, 0.4) is 0 Å². The molecule has 1 aliphatic heterocycles. The van der Waals surface area contributed by atoms with Gasteiger partial charge in [-0.1, -0.05) is 19.9 Å². The molecule has 7 heteroatoms. The second-order valence-corrected chi connectivity index (χ2v) is 7.10. The first-order chi connectivity index (χ1) is 13.5. The normalized spacial score (nSPS) is 16.4.